The summed E-state index contributed by atoms with van der Waals surface area (Å²) >= 11 is 0. The van der Waals surface area contributed by atoms with Gasteiger partial charge in [-0.25, -0.2) is 9.59 Å². The lowest BCUT2D eigenvalue weighted by Gasteiger charge is -2.41. The van der Waals surface area contributed by atoms with E-state index in [9.17, 15) is 9.59 Å². The molecule has 2 N–H and O–H groups in total. The van der Waals surface area contributed by atoms with Gasteiger partial charge >= 0.3 is 12.0 Å². The van der Waals surface area contributed by atoms with Crippen molar-refractivity contribution in [1.29, 1.82) is 0 Å². The number of amides is 2. The number of aromatic carboxylic acids is 1. The molecule has 1 aliphatic rings. The third kappa shape index (κ3) is 3.33. The molecular weight excluding hydrogens is 272 g/mol. The fourth-order valence-corrected chi connectivity index (χ4v) is 2.31. The largest absolute Gasteiger partial charge is 0.478 e. The minimum atomic E-state index is -1.02. The summed E-state index contributed by atoms with van der Waals surface area (Å²) in [6, 6.07) is 4.44. The number of nitrogens with one attached hydrogen (secondary N) is 1. The minimum Gasteiger partial charge on any atom is -0.478 e. The van der Waals surface area contributed by atoms with Crippen molar-refractivity contribution >= 4 is 17.7 Å². The molecule has 2 rings (SSSR count). The highest BCUT2D eigenvalue weighted by molar-refractivity contribution is 5.94. The Bertz CT molecular complexity index is 569. The van der Waals surface area contributed by atoms with E-state index in [1.807, 2.05) is 20.8 Å². The molecule has 6 heteroatoms. The molecule has 114 valence electrons. The normalized spacial score (nSPS) is 17.4. The van der Waals surface area contributed by atoms with Gasteiger partial charge < -0.3 is 20.1 Å². The van der Waals surface area contributed by atoms with E-state index < -0.39 is 5.97 Å². The van der Waals surface area contributed by atoms with Crippen LogP contribution in [0.15, 0.2) is 18.2 Å². The molecule has 2 amide bonds. The average Bonchev–Trinajstić information content (AvgIpc) is 2.40. The smallest absolute Gasteiger partial charge is 0.335 e. The summed E-state index contributed by atoms with van der Waals surface area (Å²) in [6.45, 7) is 7.19. The minimum absolute atomic E-state index is 0.150. The maximum atomic E-state index is 12.4. The van der Waals surface area contributed by atoms with Gasteiger partial charge in [-0.05, 0) is 38.5 Å². The standard InChI is InChI=1S/C15H20N2O4/c1-10-4-5-11(13(18)19)8-12(10)16-14(20)17-6-7-21-9-15(17,2)3/h4-5,8H,6-7,9H2,1-3H3,(H,16,20)(H,18,19). The zero-order valence-corrected chi connectivity index (χ0v) is 12.5. The maximum Gasteiger partial charge on any atom is 0.335 e. The molecule has 1 fully saturated rings. The SMILES string of the molecule is Cc1ccc(C(=O)O)cc1NC(=O)N1CCOCC1(C)C. The Morgan fingerprint density at radius 1 is 1.38 bits per heavy atom. The Morgan fingerprint density at radius 3 is 2.71 bits per heavy atom. The van der Waals surface area contributed by atoms with Gasteiger partial charge in [-0.2, -0.15) is 0 Å². The van der Waals surface area contributed by atoms with Crippen molar-refractivity contribution in [2.24, 2.45) is 0 Å². The van der Waals surface area contributed by atoms with E-state index in [1.54, 1.807) is 11.0 Å². The molecule has 21 heavy (non-hydrogen) atoms. The fraction of sp³-hybridized carbons (Fsp3) is 0.467. The van der Waals surface area contributed by atoms with Gasteiger partial charge in [0, 0.05) is 12.2 Å². The van der Waals surface area contributed by atoms with Gasteiger partial charge in [0.05, 0.1) is 24.3 Å². The Morgan fingerprint density at radius 2 is 2.10 bits per heavy atom. The van der Waals surface area contributed by atoms with Crippen LogP contribution in [0.5, 0.6) is 0 Å². The van der Waals surface area contributed by atoms with Crippen LogP contribution in [-0.2, 0) is 4.74 Å². The first-order valence-electron chi connectivity index (χ1n) is 6.81. The van der Waals surface area contributed by atoms with E-state index in [2.05, 4.69) is 5.32 Å². The van der Waals surface area contributed by atoms with Crippen LogP contribution in [0, 0.1) is 6.92 Å². The van der Waals surface area contributed by atoms with Gasteiger partial charge in [0.2, 0.25) is 0 Å². The second-order valence-corrected chi connectivity index (χ2v) is 5.78. The van der Waals surface area contributed by atoms with Gasteiger partial charge in [-0.3, -0.25) is 0 Å². The highest BCUT2D eigenvalue weighted by Crippen LogP contribution is 2.22. The molecule has 0 radical (unpaired) electrons. The topological polar surface area (TPSA) is 78.9 Å². The number of nitrogens with zero attached hydrogens (tertiary/aromatic N) is 1. The van der Waals surface area contributed by atoms with Crippen molar-refractivity contribution in [2.75, 3.05) is 25.1 Å². The molecule has 1 saturated heterocycles. The Balaban J connectivity index is 2.19. The van der Waals surface area contributed by atoms with Crippen LogP contribution >= 0.6 is 0 Å². The second kappa shape index (κ2) is 5.73. The molecule has 1 aliphatic heterocycles. The van der Waals surface area contributed by atoms with Crippen molar-refractivity contribution in [3.63, 3.8) is 0 Å². The zero-order valence-electron chi connectivity index (χ0n) is 12.5. The van der Waals surface area contributed by atoms with Crippen LogP contribution < -0.4 is 5.32 Å². The van der Waals surface area contributed by atoms with E-state index in [0.717, 1.165) is 5.56 Å². The van der Waals surface area contributed by atoms with Gasteiger partial charge in [-0.1, -0.05) is 6.07 Å². The number of ether oxygens (including phenoxy) is 1. The van der Waals surface area contributed by atoms with Gasteiger partial charge in [0.25, 0.3) is 0 Å². The zero-order chi connectivity index (χ0) is 15.6. The molecule has 0 saturated carbocycles. The number of anilines is 1. The predicted molar refractivity (Wildman–Crippen MR) is 78.8 cm³/mol. The summed E-state index contributed by atoms with van der Waals surface area (Å²) in [7, 11) is 0. The number of hydrogen-bond acceptors (Lipinski definition) is 3. The number of carboxylic acid groups (broad SMARTS) is 1. The number of hydrogen-bond donors (Lipinski definition) is 2. The molecule has 6 nitrogen and oxygen atoms in total. The maximum absolute atomic E-state index is 12.4. The monoisotopic (exact) mass is 292 g/mol. The Labute approximate surface area is 123 Å². The first-order valence-corrected chi connectivity index (χ1v) is 6.81. The van der Waals surface area contributed by atoms with Crippen molar-refractivity contribution in [3.05, 3.63) is 29.3 Å². The summed E-state index contributed by atoms with van der Waals surface area (Å²) in [5.74, 6) is -1.02. The number of morpholine rings is 1. The number of rotatable bonds is 2. The first-order chi connectivity index (χ1) is 9.81. The molecule has 0 unspecified atom stereocenters. The summed E-state index contributed by atoms with van der Waals surface area (Å²) in [5.41, 5.74) is 1.10. The van der Waals surface area contributed by atoms with Crippen LogP contribution in [-0.4, -0.2) is 47.3 Å². The number of aryl methyl sites for hydroxylation is 1. The lowest BCUT2D eigenvalue weighted by molar-refractivity contribution is -0.0249. The molecule has 0 spiro atoms. The third-order valence-corrected chi connectivity index (χ3v) is 3.62. The van der Waals surface area contributed by atoms with E-state index in [0.29, 0.717) is 25.4 Å². The van der Waals surface area contributed by atoms with E-state index in [4.69, 9.17) is 9.84 Å². The molecule has 0 aromatic heterocycles. The molecule has 0 aliphatic carbocycles. The van der Waals surface area contributed by atoms with Gasteiger partial charge in [0.1, 0.15) is 0 Å². The van der Waals surface area contributed by atoms with Crippen LogP contribution in [0.25, 0.3) is 0 Å². The molecule has 0 atom stereocenters. The highest BCUT2D eigenvalue weighted by Gasteiger charge is 2.34. The van der Waals surface area contributed by atoms with Crippen molar-refractivity contribution in [2.45, 2.75) is 26.3 Å². The molecule has 1 heterocycles. The van der Waals surface area contributed by atoms with E-state index in [1.165, 1.54) is 12.1 Å². The van der Waals surface area contributed by atoms with E-state index >= 15 is 0 Å². The van der Waals surface area contributed by atoms with Crippen molar-refractivity contribution < 1.29 is 19.4 Å². The molecule has 1 aromatic carbocycles. The van der Waals surface area contributed by atoms with E-state index in [-0.39, 0.29) is 17.1 Å². The average molecular weight is 292 g/mol. The molecule has 1 aromatic rings. The lowest BCUT2D eigenvalue weighted by Crippen LogP contribution is -2.56. The Hall–Kier alpha value is -2.08. The summed E-state index contributed by atoms with van der Waals surface area (Å²) in [6.07, 6.45) is 0. The predicted octanol–water partition coefficient (Wildman–Crippen LogP) is 2.34. The van der Waals surface area contributed by atoms with Crippen LogP contribution in [0.4, 0.5) is 10.5 Å². The summed E-state index contributed by atoms with van der Waals surface area (Å²) < 4.78 is 5.39. The number of carbonyl (C=O) groups is 2. The summed E-state index contributed by atoms with van der Waals surface area (Å²) in [4.78, 5) is 25.2. The third-order valence-electron chi connectivity index (χ3n) is 3.62. The highest BCUT2D eigenvalue weighted by atomic mass is 16.5. The first kappa shape index (κ1) is 15.3. The second-order valence-electron chi connectivity index (χ2n) is 5.78. The number of carboxylic acids is 1. The van der Waals surface area contributed by atoms with Crippen LogP contribution in [0.1, 0.15) is 29.8 Å². The summed E-state index contributed by atoms with van der Waals surface area (Å²) in [5, 5.41) is 11.8. The number of benzene rings is 1. The van der Waals surface area contributed by atoms with Crippen molar-refractivity contribution in [3.8, 4) is 0 Å². The fourth-order valence-electron chi connectivity index (χ4n) is 2.31. The molecular formula is C15H20N2O4. The Kier molecular flexibility index (Phi) is 4.18. The van der Waals surface area contributed by atoms with Gasteiger partial charge in [0.15, 0.2) is 0 Å². The van der Waals surface area contributed by atoms with Crippen LogP contribution in [0.2, 0.25) is 0 Å². The number of urea groups is 1. The number of carbonyl (C=O) groups excluding carboxylic acids is 1. The lowest BCUT2D eigenvalue weighted by atomic mass is 10.0. The quantitative estimate of drug-likeness (QED) is 0.877. The van der Waals surface area contributed by atoms with Crippen molar-refractivity contribution in [1.82, 2.24) is 4.90 Å². The van der Waals surface area contributed by atoms with Crippen LogP contribution in [0.3, 0.4) is 0 Å². The molecule has 0 bridgehead atoms. The van der Waals surface area contributed by atoms with Gasteiger partial charge in [-0.15, -0.1) is 0 Å².